The van der Waals surface area contributed by atoms with Gasteiger partial charge >= 0.3 is 12.2 Å². The Hall–Kier alpha value is -2.89. The summed E-state index contributed by atoms with van der Waals surface area (Å²) in [4.78, 5) is 15.9. The molecule has 0 saturated carbocycles. The first kappa shape index (κ1) is 27.7. The summed E-state index contributed by atoms with van der Waals surface area (Å²) >= 11 is 6.40. The Kier molecular flexibility index (Phi) is 8.58. The number of benzene rings is 1. The number of nitrogens with one attached hydrogen (secondary N) is 1. The van der Waals surface area contributed by atoms with Gasteiger partial charge in [0.1, 0.15) is 18.2 Å². The molecule has 7 nitrogen and oxygen atoms in total. The van der Waals surface area contributed by atoms with Crippen LogP contribution in [0.1, 0.15) is 36.6 Å². The highest BCUT2D eigenvalue weighted by Crippen LogP contribution is 2.34. The molecule has 0 bridgehead atoms. The summed E-state index contributed by atoms with van der Waals surface area (Å²) < 4.78 is 47.6. The molecule has 1 unspecified atom stereocenters. The third-order valence-electron chi connectivity index (χ3n) is 6.74. The van der Waals surface area contributed by atoms with E-state index in [2.05, 4.69) is 36.8 Å². The first-order chi connectivity index (χ1) is 18.8. The van der Waals surface area contributed by atoms with Gasteiger partial charge in [0, 0.05) is 42.8 Å². The van der Waals surface area contributed by atoms with E-state index >= 15 is 0 Å². The Bertz CT molecular complexity index is 1340. The molecule has 1 atom stereocenters. The fourth-order valence-corrected chi connectivity index (χ4v) is 6.97. The molecular formula is C27H30ClF3N6OS. The van der Waals surface area contributed by atoms with Crippen molar-refractivity contribution in [2.75, 3.05) is 42.2 Å². The average molecular weight is 579 g/mol. The second-order valence-corrected chi connectivity index (χ2v) is 11.9. The maximum Gasteiger partial charge on any atom is 0.416 e. The molecular weight excluding hydrogens is 549 g/mol. The number of hydrogen-bond acceptors (Lipinski definition) is 7. The normalized spacial score (nSPS) is 18.2. The van der Waals surface area contributed by atoms with E-state index in [1.165, 1.54) is 30.7 Å². The van der Waals surface area contributed by atoms with Gasteiger partial charge in [-0.3, -0.25) is 4.31 Å². The van der Waals surface area contributed by atoms with Gasteiger partial charge in [-0.2, -0.15) is 23.1 Å². The van der Waals surface area contributed by atoms with Gasteiger partial charge < -0.3 is 15.0 Å². The zero-order chi connectivity index (χ0) is 27.4. The van der Waals surface area contributed by atoms with Crippen LogP contribution in [0, 0.1) is 0 Å². The number of pyridine rings is 1. The van der Waals surface area contributed by atoms with E-state index in [4.69, 9.17) is 21.3 Å². The van der Waals surface area contributed by atoms with Crippen LogP contribution in [0.2, 0.25) is 5.02 Å². The zero-order valence-electron chi connectivity index (χ0n) is 21.5. The number of rotatable bonds is 7. The SMILES string of the molecule is C/C=S1\CCCCN1CCOc1nc2c(c(Nc3ccc(C(F)(F)F)cc3)n1)CCN(c1ncccc1Cl)C2. The molecule has 12 heteroatoms. The summed E-state index contributed by atoms with van der Waals surface area (Å²) in [7, 11) is 0.152. The lowest BCUT2D eigenvalue weighted by Gasteiger charge is -2.31. The second-order valence-electron chi connectivity index (χ2n) is 9.29. The molecule has 5 rings (SSSR count). The summed E-state index contributed by atoms with van der Waals surface area (Å²) in [5.41, 5.74) is 1.46. The van der Waals surface area contributed by atoms with Crippen molar-refractivity contribution in [1.82, 2.24) is 19.3 Å². The van der Waals surface area contributed by atoms with Gasteiger partial charge in [0.15, 0.2) is 0 Å². The topological polar surface area (TPSA) is 66.4 Å². The molecule has 2 aliphatic heterocycles. The third kappa shape index (κ3) is 6.64. The van der Waals surface area contributed by atoms with Crippen molar-refractivity contribution in [3.63, 3.8) is 0 Å². The quantitative estimate of drug-likeness (QED) is 0.329. The molecule has 39 heavy (non-hydrogen) atoms. The number of hydrogen-bond donors (Lipinski definition) is 1. The van der Waals surface area contributed by atoms with Crippen molar-refractivity contribution in [2.24, 2.45) is 0 Å². The minimum atomic E-state index is -4.40. The van der Waals surface area contributed by atoms with Gasteiger partial charge in [-0.1, -0.05) is 17.0 Å². The highest BCUT2D eigenvalue weighted by Gasteiger charge is 2.30. The van der Waals surface area contributed by atoms with Crippen LogP contribution in [0.25, 0.3) is 0 Å². The molecule has 1 aromatic carbocycles. The third-order valence-corrected chi connectivity index (χ3v) is 9.32. The number of alkyl halides is 3. The van der Waals surface area contributed by atoms with Crippen LogP contribution in [0.4, 0.5) is 30.5 Å². The highest BCUT2D eigenvalue weighted by molar-refractivity contribution is 8.12. The highest BCUT2D eigenvalue weighted by atomic mass is 35.5. The van der Waals surface area contributed by atoms with Crippen molar-refractivity contribution in [2.45, 2.75) is 38.9 Å². The Morgan fingerprint density at radius 1 is 1.13 bits per heavy atom. The molecule has 1 saturated heterocycles. The minimum absolute atomic E-state index is 0.152. The number of fused-ring (bicyclic) bond motifs is 1. The Morgan fingerprint density at radius 2 is 1.95 bits per heavy atom. The number of ether oxygens (including phenoxy) is 1. The molecule has 0 aliphatic carbocycles. The van der Waals surface area contributed by atoms with Gasteiger partial charge in [-0.25, -0.2) is 4.98 Å². The first-order valence-corrected chi connectivity index (χ1v) is 14.7. The van der Waals surface area contributed by atoms with Crippen LogP contribution in [0.5, 0.6) is 6.01 Å². The summed E-state index contributed by atoms with van der Waals surface area (Å²) in [5, 5.41) is 6.02. The van der Waals surface area contributed by atoms with E-state index in [1.807, 2.05) is 0 Å². The lowest BCUT2D eigenvalue weighted by atomic mass is 10.1. The van der Waals surface area contributed by atoms with Gasteiger partial charge in [-0.05, 0) is 62.6 Å². The summed E-state index contributed by atoms with van der Waals surface area (Å²) in [6, 6.07) is 8.73. The monoisotopic (exact) mass is 578 g/mol. The predicted molar refractivity (Wildman–Crippen MR) is 151 cm³/mol. The molecule has 208 valence electrons. The molecule has 2 aromatic heterocycles. The maximum absolute atomic E-state index is 13.0. The van der Waals surface area contributed by atoms with Crippen LogP contribution in [-0.4, -0.2) is 56.6 Å². The largest absolute Gasteiger partial charge is 0.462 e. The number of nitrogens with zero attached hydrogens (tertiary/aromatic N) is 5. The maximum atomic E-state index is 13.0. The van der Waals surface area contributed by atoms with Crippen molar-refractivity contribution in [3.05, 3.63) is 64.4 Å². The smallest absolute Gasteiger partial charge is 0.416 e. The van der Waals surface area contributed by atoms with E-state index in [0.29, 0.717) is 48.5 Å². The Morgan fingerprint density at radius 3 is 2.69 bits per heavy atom. The number of aromatic nitrogens is 3. The molecule has 0 amide bonds. The average Bonchev–Trinajstić information content (AvgIpc) is 2.93. The van der Waals surface area contributed by atoms with Gasteiger partial charge in [0.05, 0.1) is 22.8 Å². The van der Waals surface area contributed by atoms with Crippen LogP contribution in [-0.2, 0) is 19.1 Å². The summed E-state index contributed by atoms with van der Waals surface area (Å²) in [5.74, 6) is 2.39. The lowest BCUT2D eigenvalue weighted by Crippen LogP contribution is -2.33. The van der Waals surface area contributed by atoms with Gasteiger partial charge in [0.2, 0.25) is 0 Å². The minimum Gasteiger partial charge on any atom is -0.462 e. The molecule has 2 aliphatic rings. The van der Waals surface area contributed by atoms with Crippen molar-refractivity contribution >= 4 is 45.0 Å². The predicted octanol–water partition coefficient (Wildman–Crippen LogP) is 6.33. The number of halogens is 4. The van der Waals surface area contributed by atoms with Crippen LogP contribution in [0.3, 0.4) is 0 Å². The van der Waals surface area contributed by atoms with E-state index < -0.39 is 11.7 Å². The zero-order valence-corrected chi connectivity index (χ0v) is 23.1. The fraction of sp³-hybridized carbons (Fsp3) is 0.407. The van der Waals surface area contributed by atoms with Crippen molar-refractivity contribution in [1.29, 1.82) is 0 Å². The molecule has 1 fully saturated rings. The summed E-state index contributed by atoms with van der Waals surface area (Å²) in [6.45, 7) is 5.44. The molecule has 4 heterocycles. The van der Waals surface area contributed by atoms with Crippen molar-refractivity contribution < 1.29 is 17.9 Å². The number of anilines is 3. The molecule has 0 radical (unpaired) electrons. The molecule has 0 spiro atoms. The van der Waals surface area contributed by atoms with Crippen LogP contribution < -0.4 is 15.0 Å². The second kappa shape index (κ2) is 12.1. The lowest BCUT2D eigenvalue weighted by molar-refractivity contribution is -0.137. The standard InChI is InChI=1S/C27H30ClF3N6OS/c1-2-39-17-4-3-13-37(39)15-16-38-26-34-23-18-36(25-22(28)6-5-12-32-25)14-11-21(23)24(35-26)33-20-9-7-19(8-10-20)27(29,30)31/h2,5-10,12H,3-4,11,13-18H2,1H3,(H,33,34,35). The van der Waals surface area contributed by atoms with E-state index in [9.17, 15) is 13.2 Å². The van der Waals surface area contributed by atoms with Crippen molar-refractivity contribution in [3.8, 4) is 6.01 Å². The fourth-order valence-electron chi connectivity index (χ4n) is 4.77. The Labute approximate surface area is 233 Å². The van der Waals surface area contributed by atoms with E-state index in [1.54, 1.807) is 18.3 Å². The summed E-state index contributed by atoms with van der Waals surface area (Å²) in [6.07, 6.45) is 0.334. The molecule has 3 aromatic rings. The Balaban J connectivity index is 1.39. The van der Waals surface area contributed by atoms with E-state index in [-0.39, 0.29) is 16.7 Å². The molecule has 1 N–H and O–H groups in total. The van der Waals surface area contributed by atoms with Crippen LogP contribution in [0.15, 0.2) is 42.6 Å². The van der Waals surface area contributed by atoms with Gasteiger partial charge in [0.25, 0.3) is 0 Å². The van der Waals surface area contributed by atoms with Gasteiger partial charge in [-0.15, -0.1) is 10.7 Å². The van der Waals surface area contributed by atoms with E-state index in [0.717, 1.165) is 36.5 Å². The van der Waals surface area contributed by atoms with Crippen LogP contribution >= 0.6 is 22.3 Å². The first-order valence-electron chi connectivity index (χ1n) is 12.9.